The Morgan fingerprint density at radius 2 is 2.00 bits per heavy atom. The van der Waals surface area contributed by atoms with Crippen molar-refractivity contribution >= 4 is 38.2 Å². The molecule has 2 heterocycles. The number of fused-ring (bicyclic) bond motifs is 2. The van der Waals surface area contributed by atoms with Crippen LogP contribution in [0.1, 0.15) is 5.56 Å². The lowest BCUT2D eigenvalue weighted by Crippen LogP contribution is -2.03. The molecule has 0 spiro atoms. The molecule has 0 saturated heterocycles. The maximum atomic E-state index is 6.06. The zero-order valence-electron chi connectivity index (χ0n) is 12.2. The summed E-state index contributed by atoms with van der Waals surface area (Å²) in [5.41, 5.74) is 7.88. The van der Waals surface area contributed by atoms with Crippen LogP contribution in [0, 0.1) is 0 Å². The zero-order valence-corrected chi connectivity index (χ0v) is 13.8. The summed E-state index contributed by atoms with van der Waals surface area (Å²) in [7, 11) is 0. The summed E-state index contributed by atoms with van der Waals surface area (Å²) in [6.45, 7) is 0.910. The Bertz CT molecular complexity index is 898. The smallest absolute Gasteiger partial charge is 0.231 e. The van der Waals surface area contributed by atoms with E-state index < -0.39 is 0 Å². The molecule has 6 heteroatoms. The van der Waals surface area contributed by atoms with Crippen molar-refractivity contribution < 1.29 is 9.47 Å². The zero-order chi connectivity index (χ0) is 15.8. The monoisotopic (exact) mass is 371 g/mol. The third kappa shape index (κ3) is 2.55. The van der Waals surface area contributed by atoms with Crippen LogP contribution in [0.5, 0.6) is 11.5 Å². The number of aromatic nitrogens is 1. The molecule has 0 aliphatic carbocycles. The number of benzene rings is 2. The highest BCUT2D eigenvalue weighted by molar-refractivity contribution is 9.10. The van der Waals surface area contributed by atoms with Gasteiger partial charge in [-0.05, 0) is 35.9 Å². The molecular formula is C17H14BrN3O2. The quantitative estimate of drug-likeness (QED) is 0.682. The van der Waals surface area contributed by atoms with Crippen molar-refractivity contribution in [3.05, 3.63) is 52.6 Å². The lowest BCUT2D eigenvalue weighted by molar-refractivity contribution is 0.174. The van der Waals surface area contributed by atoms with E-state index in [9.17, 15) is 0 Å². The highest BCUT2D eigenvalue weighted by Crippen LogP contribution is 2.34. The molecule has 0 atom stereocenters. The van der Waals surface area contributed by atoms with E-state index in [1.165, 1.54) is 0 Å². The Morgan fingerprint density at radius 1 is 1.13 bits per heavy atom. The molecule has 1 aliphatic heterocycles. The molecule has 116 valence electrons. The van der Waals surface area contributed by atoms with Gasteiger partial charge >= 0.3 is 0 Å². The molecule has 5 nitrogen and oxygen atoms in total. The van der Waals surface area contributed by atoms with Crippen LogP contribution in [0.15, 0.2) is 47.1 Å². The first-order chi connectivity index (χ1) is 11.2. The molecular weight excluding hydrogens is 358 g/mol. The molecule has 2 aromatic carbocycles. The van der Waals surface area contributed by atoms with Crippen molar-refractivity contribution in [3.8, 4) is 11.5 Å². The van der Waals surface area contributed by atoms with E-state index in [2.05, 4.69) is 26.2 Å². The molecule has 1 aliphatic rings. The highest BCUT2D eigenvalue weighted by Gasteiger charge is 2.13. The van der Waals surface area contributed by atoms with Crippen LogP contribution in [0.3, 0.4) is 0 Å². The summed E-state index contributed by atoms with van der Waals surface area (Å²) in [4.78, 5) is 4.44. The molecule has 1 aromatic heterocycles. The van der Waals surface area contributed by atoms with Gasteiger partial charge in [0.25, 0.3) is 0 Å². The first-order valence-corrected chi connectivity index (χ1v) is 7.97. The predicted molar refractivity (Wildman–Crippen MR) is 93.7 cm³/mol. The average molecular weight is 372 g/mol. The molecule has 3 aromatic rings. The predicted octanol–water partition coefficient (Wildman–Crippen LogP) is 3.92. The van der Waals surface area contributed by atoms with E-state index in [1.807, 2.05) is 36.4 Å². The number of nitrogen functional groups attached to an aromatic ring is 1. The van der Waals surface area contributed by atoms with Crippen molar-refractivity contribution in [2.45, 2.75) is 6.54 Å². The van der Waals surface area contributed by atoms with Crippen molar-refractivity contribution in [1.82, 2.24) is 4.98 Å². The van der Waals surface area contributed by atoms with E-state index >= 15 is 0 Å². The Hall–Kier alpha value is -2.47. The van der Waals surface area contributed by atoms with Gasteiger partial charge in [-0.15, -0.1) is 0 Å². The van der Waals surface area contributed by atoms with Crippen molar-refractivity contribution in [3.63, 3.8) is 0 Å². The van der Waals surface area contributed by atoms with Gasteiger partial charge < -0.3 is 20.5 Å². The molecule has 0 saturated carbocycles. The topological polar surface area (TPSA) is 69.4 Å². The first kappa shape index (κ1) is 14.1. The normalized spacial score (nSPS) is 12.6. The maximum Gasteiger partial charge on any atom is 0.231 e. The van der Waals surface area contributed by atoms with Gasteiger partial charge in [0, 0.05) is 33.7 Å². The molecule has 0 radical (unpaired) electrons. The van der Waals surface area contributed by atoms with Crippen LogP contribution in [0.4, 0.5) is 11.5 Å². The summed E-state index contributed by atoms with van der Waals surface area (Å²) >= 11 is 3.58. The number of hydrogen-bond donors (Lipinski definition) is 2. The van der Waals surface area contributed by atoms with Gasteiger partial charge in [-0.25, -0.2) is 4.98 Å². The molecule has 4 rings (SSSR count). The second-order valence-electron chi connectivity index (χ2n) is 5.26. The Labute approximate surface area is 141 Å². The number of rotatable bonds is 3. The van der Waals surface area contributed by atoms with E-state index in [1.54, 1.807) is 6.20 Å². The number of anilines is 2. The minimum Gasteiger partial charge on any atom is -0.454 e. The van der Waals surface area contributed by atoms with Crippen molar-refractivity contribution in [2.75, 3.05) is 17.8 Å². The van der Waals surface area contributed by atoms with Gasteiger partial charge in [0.15, 0.2) is 11.5 Å². The largest absolute Gasteiger partial charge is 0.454 e. The van der Waals surface area contributed by atoms with Gasteiger partial charge in [-0.3, -0.25) is 0 Å². The van der Waals surface area contributed by atoms with Gasteiger partial charge in [-0.1, -0.05) is 22.0 Å². The fourth-order valence-corrected chi connectivity index (χ4v) is 3.18. The Kier molecular flexibility index (Phi) is 3.46. The number of halogens is 1. The average Bonchev–Trinajstić information content (AvgIpc) is 3.04. The summed E-state index contributed by atoms with van der Waals surface area (Å²) in [5, 5.41) is 5.32. The third-order valence-electron chi connectivity index (χ3n) is 3.81. The number of nitrogens with one attached hydrogen (secondary N) is 1. The Balaban J connectivity index is 1.65. The Morgan fingerprint density at radius 3 is 2.91 bits per heavy atom. The fraction of sp³-hybridized carbons (Fsp3) is 0.118. The molecule has 0 unspecified atom stereocenters. The second kappa shape index (κ2) is 5.62. The summed E-state index contributed by atoms with van der Waals surface area (Å²) in [6, 6.07) is 11.6. The van der Waals surface area contributed by atoms with Crippen LogP contribution in [-0.2, 0) is 6.54 Å². The van der Waals surface area contributed by atoms with E-state index in [-0.39, 0.29) is 6.79 Å². The standard InChI is InChI=1S/C17H14BrN3O2/c18-12-2-3-13(19)11-5-6-20-17(16(11)12)21-8-10-1-4-14-15(7-10)23-9-22-14/h1-7H,8-9,19H2,(H,20,21). The van der Waals surface area contributed by atoms with E-state index in [0.717, 1.165) is 43.8 Å². The SMILES string of the molecule is Nc1ccc(Br)c2c(NCc3ccc4c(c3)OCO4)nccc12. The number of nitrogens with two attached hydrogens (primary N) is 1. The lowest BCUT2D eigenvalue weighted by Gasteiger charge is -2.12. The van der Waals surface area contributed by atoms with Crippen LogP contribution in [0.25, 0.3) is 10.8 Å². The van der Waals surface area contributed by atoms with Gasteiger partial charge in [-0.2, -0.15) is 0 Å². The third-order valence-corrected chi connectivity index (χ3v) is 4.47. The van der Waals surface area contributed by atoms with E-state index in [4.69, 9.17) is 15.2 Å². The maximum absolute atomic E-state index is 6.06. The van der Waals surface area contributed by atoms with Crippen LogP contribution < -0.4 is 20.5 Å². The molecule has 23 heavy (non-hydrogen) atoms. The fourth-order valence-electron chi connectivity index (χ4n) is 2.65. The number of hydrogen-bond acceptors (Lipinski definition) is 5. The molecule has 0 amide bonds. The molecule has 0 fully saturated rings. The second-order valence-corrected chi connectivity index (χ2v) is 6.11. The minimum atomic E-state index is 0.281. The van der Waals surface area contributed by atoms with E-state index in [0.29, 0.717) is 6.54 Å². The minimum absolute atomic E-state index is 0.281. The van der Waals surface area contributed by atoms with Gasteiger partial charge in [0.05, 0.1) is 0 Å². The van der Waals surface area contributed by atoms with Crippen LogP contribution in [-0.4, -0.2) is 11.8 Å². The van der Waals surface area contributed by atoms with Crippen LogP contribution >= 0.6 is 15.9 Å². The molecule has 3 N–H and O–H groups in total. The van der Waals surface area contributed by atoms with Crippen molar-refractivity contribution in [2.24, 2.45) is 0 Å². The number of ether oxygens (including phenoxy) is 2. The van der Waals surface area contributed by atoms with Crippen molar-refractivity contribution in [1.29, 1.82) is 0 Å². The lowest BCUT2D eigenvalue weighted by atomic mass is 10.1. The van der Waals surface area contributed by atoms with Crippen LogP contribution in [0.2, 0.25) is 0 Å². The summed E-state index contributed by atoms with van der Waals surface area (Å²) in [6.07, 6.45) is 1.76. The van der Waals surface area contributed by atoms with Gasteiger partial charge in [0.1, 0.15) is 5.82 Å². The number of pyridine rings is 1. The number of nitrogens with zero attached hydrogens (tertiary/aromatic N) is 1. The van der Waals surface area contributed by atoms with Gasteiger partial charge in [0.2, 0.25) is 6.79 Å². The summed E-state index contributed by atoms with van der Waals surface area (Å²) < 4.78 is 11.7. The molecule has 0 bridgehead atoms. The highest BCUT2D eigenvalue weighted by atomic mass is 79.9. The summed E-state index contributed by atoms with van der Waals surface area (Å²) in [5.74, 6) is 2.35. The first-order valence-electron chi connectivity index (χ1n) is 7.17.